The second kappa shape index (κ2) is 5.44. The van der Waals surface area contributed by atoms with E-state index in [0.717, 1.165) is 6.42 Å². The van der Waals surface area contributed by atoms with Crippen LogP contribution in [0.5, 0.6) is 5.75 Å². The molecule has 1 amide bonds. The van der Waals surface area contributed by atoms with Crippen molar-refractivity contribution in [1.29, 1.82) is 0 Å². The summed E-state index contributed by atoms with van der Waals surface area (Å²) in [5, 5.41) is 12.1. The fraction of sp³-hybridized carbons (Fsp3) is 0.133. The topological polar surface area (TPSA) is 75.3 Å². The fourth-order valence-electron chi connectivity index (χ4n) is 1.76. The van der Waals surface area contributed by atoms with E-state index >= 15 is 0 Å². The van der Waals surface area contributed by atoms with Gasteiger partial charge >= 0.3 is 0 Å². The van der Waals surface area contributed by atoms with Crippen LogP contribution in [-0.4, -0.2) is 11.0 Å². The number of nitrogens with two attached hydrogens (primary N) is 1. The maximum absolute atomic E-state index is 12.0. The molecule has 2 aromatic rings. The van der Waals surface area contributed by atoms with Crippen molar-refractivity contribution in [2.24, 2.45) is 0 Å². The number of hydrogen-bond donors (Lipinski definition) is 3. The van der Waals surface area contributed by atoms with Gasteiger partial charge in [-0.05, 0) is 42.3 Å². The van der Waals surface area contributed by atoms with Crippen molar-refractivity contribution < 1.29 is 9.90 Å². The van der Waals surface area contributed by atoms with Gasteiger partial charge in [0.25, 0.3) is 5.91 Å². The van der Waals surface area contributed by atoms with E-state index in [-0.39, 0.29) is 17.2 Å². The Balaban J connectivity index is 2.18. The van der Waals surface area contributed by atoms with Crippen LogP contribution < -0.4 is 11.1 Å². The quantitative estimate of drug-likeness (QED) is 0.584. The first-order valence-corrected chi connectivity index (χ1v) is 6.09. The van der Waals surface area contributed by atoms with E-state index in [4.69, 9.17) is 5.73 Å². The largest absolute Gasteiger partial charge is 0.508 e. The molecule has 4 heteroatoms. The van der Waals surface area contributed by atoms with Crippen molar-refractivity contribution in [3.05, 3.63) is 53.6 Å². The Kier molecular flexibility index (Phi) is 3.71. The smallest absolute Gasteiger partial charge is 0.257 e. The minimum atomic E-state index is -0.336. The molecule has 4 N–H and O–H groups in total. The lowest BCUT2D eigenvalue weighted by molar-refractivity contribution is 0.102. The van der Waals surface area contributed by atoms with Crippen LogP contribution in [0, 0.1) is 0 Å². The third kappa shape index (κ3) is 3.04. The molecule has 0 spiro atoms. The number of amides is 1. The van der Waals surface area contributed by atoms with Crippen LogP contribution in [0.4, 0.5) is 11.4 Å². The summed E-state index contributed by atoms with van der Waals surface area (Å²) in [5.74, 6) is -0.321. The van der Waals surface area contributed by atoms with Crippen molar-refractivity contribution in [3.63, 3.8) is 0 Å². The highest BCUT2D eigenvalue weighted by Crippen LogP contribution is 2.20. The second-order valence-electron chi connectivity index (χ2n) is 4.28. The summed E-state index contributed by atoms with van der Waals surface area (Å²) in [6, 6.07) is 11.9. The van der Waals surface area contributed by atoms with Crippen LogP contribution in [0.25, 0.3) is 0 Å². The second-order valence-corrected chi connectivity index (χ2v) is 4.28. The third-order valence-electron chi connectivity index (χ3n) is 2.90. The number of rotatable bonds is 3. The molecule has 2 aromatic carbocycles. The molecule has 0 aliphatic carbocycles. The summed E-state index contributed by atoms with van der Waals surface area (Å²) in [4.78, 5) is 12.0. The van der Waals surface area contributed by atoms with Gasteiger partial charge in [0.15, 0.2) is 0 Å². The molecule has 98 valence electrons. The number of anilines is 2. The Hall–Kier alpha value is -2.49. The Labute approximate surface area is 111 Å². The minimum Gasteiger partial charge on any atom is -0.508 e. The average molecular weight is 256 g/mol. The predicted molar refractivity (Wildman–Crippen MR) is 76.3 cm³/mol. The lowest BCUT2D eigenvalue weighted by Crippen LogP contribution is -2.13. The number of aromatic hydroxyl groups is 1. The summed E-state index contributed by atoms with van der Waals surface area (Å²) in [6.45, 7) is 2.07. The molecule has 0 atom stereocenters. The number of aryl methyl sites for hydroxylation is 1. The van der Waals surface area contributed by atoms with Gasteiger partial charge in [0.2, 0.25) is 0 Å². The van der Waals surface area contributed by atoms with Gasteiger partial charge in [0, 0.05) is 11.4 Å². The molecule has 0 radical (unpaired) electrons. The molecule has 4 nitrogen and oxygen atoms in total. The SMILES string of the molecule is CCc1ccc(NC(=O)c2cc(O)ccc2N)cc1. The van der Waals surface area contributed by atoms with E-state index in [0.29, 0.717) is 11.4 Å². The summed E-state index contributed by atoms with van der Waals surface area (Å²) in [5.41, 5.74) is 8.22. The Morgan fingerprint density at radius 2 is 1.89 bits per heavy atom. The van der Waals surface area contributed by atoms with Gasteiger partial charge < -0.3 is 16.2 Å². The van der Waals surface area contributed by atoms with Crippen LogP contribution in [0.2, 0.25) is 0 Å². The number of nitrogens with one attached hydrogen (secondary N) is 1. The van der Waals surface area contributed by atoms with Crippen LogP contribution in [-0.2, 0) is 6.42 Å². The number of carbonyl (C=O) groups is 1. The number of benzene rings is 2. The van der Waals surface area contributed by atoms with E-state index < -0.39 is 0 Å². The zero-order valence-electron chi connectivity index (χ0n) is 10.7. The summed E-state index contributed by atoms with van der Waals surface area (Å²) >= 11 is 0. The van der Waals surface area contributed by atoms with Crippen molar-refractivity contribution in [2.45, 2.75) is 13.3 Å². The standard InChI is InChI=1S/C15H16N2O2/c1-2-10-3-5-11(6-4-10)17-15(19)13-9-12(18)7-8-14(13)16/h3-9,18H,2,16H2,1H3,(H,17,19). The molecule has 19 heavy (non-hydrogen) atoms. The van der Waals surface area contributed by atoms with Crippen molar-refractivity contribution in [2.75, 3.05) is 11.1 Å². The van der Waals surface area contributed by atoms with Crippen LogP contribution in [0.1, 0.15) is 22.8 Å². The van der Waals surface area contributed by atoms with E-state index in [9.17, 15) is 9.90 Å². The van der Waals surface area contributed by atoms with Gasteiger partial charge in [-0.1, -0.05) is 19.1 Å². The van der Waals surface area contributed by atoms with Gasteiger partial charge in [0.05, 0.1) is 5.56 Å². The summed E-state index contributed by atoms with van der Waals surface area (Å²) in [6.07, 6.45) is 0.952. The molecule has 0 unspecified atom stereocenters. The van der Waals surface area contributed by atoms with Gasteiger partial charge in [-0.25, -0.2) is 0 Å². The average Bonchev–Trinajstić information content (AvgIpc) is 2.42. The molecule has 0 fully saturated rings. The number of nitrogen functional groups attached to an aromatic ring is 1. The lowest BCUT2D eigenvalue weighted by atomic mass is 10.1. The first-order valence-electron chi connectivity index (χ1n) is 6.09. The first-order chi connectivity index (χ1) is 9.10. The lowest BCUT2D eigenvalue weighted by Gasteiger charge is -2.08. The molecule has 2 rings (SSSR count). The molecule has 0 saturated heterocycles. The van der Waals surface area contributed by atoms with Crippen molar-refractivity contribution >= 4 is 17.3 Å². The zero-order valence-corrected chi connectivity index (χ0v) is 10.7. The van der Waals surface area contributed by atoms with Crippen LogP contribution in [0.15, 0.2) is 42.5 Å². The normalized spacial score (nSPS) is 10.2. The van der Waals surface area contributed by atoms with Gasteiger partial charge in [-0.2, -0.15) is 0 Å². The number of carbonyl (C=O) groups excluding carboxylic acids is 1. The van der Waals surface area contributed by atoms with E-state index in [1.165, 1.54) is 23.8 Å². The molecule has 0 aliphatic heterocycles. The van der Waals surface area contributed by atoms with E-state index in [1.54, 1.807) is 0 Å². The summed E-state index contributed by atoms with van der Waals surface area (Å²) in [7, 11) is 0. The molecule has 0 heterocycles. The molecular weight excluding hydrogens is 240 g/mol. The maximum Gasteiger partial charge on any atom is 0.257 e. The Morgan fingerprint density at radius 1 is 1.21 bits per heavy atom. The zero-order chi connectivity index (χ0) is 13.8. The summed E-state index contributed by atoms with van der Waals surface area (Å²) < 4.78 is 0. The van der Waals surface area contributed by atoms with Gasteiger partial charge in [0.1, 0.15) is 5.75 Å². The molecule has 0 aromatic heterocycles. The van der Waals surface area contributed by atoms with E-state index in [1.807, 2.05) is 24.3 Å². The van der Waals surface area contributed by atoms with Crippen LogP contribution in [0.3, 0.4) is 0 Å². The number of phenolic OH excluding ortho intramolecular Hbond substituents is 1. The third-order valence-corrected chi connectivity index (χ3v) is 2.90. The number of phenols is 1. The van der Waals surface area contributed by atoms with E-state index in [2.05, 4.69) is 12.2 Å². The Bertz CT molecular complexity index is 592. The predicted octanol–water partition coefficient (Wildman–Crippen LogP) is 2.79. The number of hydrogen-bond acceptors (Lipinski definition) is 3. The highest BCUT2D eigenvalue weighted by Gasteiger charge is 2.10. The monoisotopic (exact) mass is 256 g/mol. The van der Waals surface area contributed by atoms with Crippen LogP contribution >= 0.6 is 0 Å². The Morgan fingerprint density at radius 3 is 2.53 bits per heavy atom. The molecule has 0 saturated carbocycles. The highest BCUT2D eigenvalue weighted by atomic mass is 16.3. The first kappa shape index (κ1) is 13.0. The minimum absolute atomic E-state index is 0.0145. The highest BCUT2D eigenvalue weighted by molar-refractivity contribution is 6.07. The molecular formula is C15H16N2O2. The van der Waals surface area contributed by atoms with Gasteiger partial charge in [-0.15, -0.1) is 0 Å². The van der Waals surface area contributed by atoms with Crippen molar-refractivity contribution in [3.8, 4) is 5.75 Å². The molecule has 0 aliphatic rings. The van der Waals surface area contributed by atoms with Gasteiger partial charge in [-0.3, -0.25) is 4.79 Å². The molecule has 0 bridgehead atoms. The maximum atomic E-state index is 12.0. The van der Waals surface area contributed by atoms with Crippen molar-refractivity contribution in [1.82, 2.24) is 0 Å². The fourth-order valence-corrected chi connectivity index (χ4v) is 1.76.